The van der Waals surface area contributed by atoms with E-state index in [1.54, 1.807) is 22.9 Å². The number of rotatable bonds is 10. The first kappa shape index (κ1) is 26.5. The number of sulfone groups is 1. The van der Waals surface area contributed by atoms with Crippen molar-refractivity contribution in [3.05, 3.63) is 41.1 Å². The number of aromatic nitrogens is 2. The van der Waals surface area contributed by atoms with E-state index in [1.165, 1.54) is 6.07 Å². The third-order valence-corrected chi connectivity index (χ3v) is 8.90. The first-order valence-corrected chi connectivity index (χ1v) is 14.5. The van der Waals surface area contributed by atoms with Crippen molar-refractivity contribution in [2.45, 2.75) is 57.3 Å². The van der Waals surface area contributed by atoms with Crippen LogP contribution in [0.3, 0.4) is 0 Å². The summed E-state index contributed by atoms with van der Waals surface area (Å²) in [6, 6.07) is 6.19. The van der Waals surface area contributed by atoms with Gasteiger partial charge in [-0.05, 0) is 42.9 Å². The second-order valence-corrected chi connectivity index (χ2v) is 12.5. The number of nitrogens with zero attached hydrogens (tertiary/aromatic N) is 2. The molecule has 2 N–H and O–H groups in total. The lowest BCUT2D eigenvalue weighted by Crippen LogP contribution is -2.45. The van der Waals surface area contributed by atoms with Crippen molar-refractivity contribution in [2.75, 3.05) is 23.4 Å². The van der Waals surface area contributed by atoms with Gasteiger partial charge in [0, 0.05) is 19.0 Å². The number of carbonyl (C=O) groups excluding carboxylic acids is 2. The summed E-state index contributed by atoms with van der Waals surface area (Å²) in [6.07, 6.45) is 0.217. The van der Waals surface area contributed by atoms with Crippen molar-refractivity contribution in [2.24, 2.45) is 11.8 Å². The number of ether oxygens (including phenoxy) is 1. The molecule has 38 heavy (non-hydrogen) atoms. The van der Waals surface area contributed by atoms with E-state index in [1.807, 2.05) is 0 Å². The van der Waals surface area contributed by atoms with Crippen LogP contribution in [0.25, 0.3) is 0 Å². The Morgan fingerprint density at radius 3 is 2.66 bits per heavy atom. The van der Waals surface area contributed by atoms with Crippen LogP contribution in [0.1, 0.15) is 47.3 Å². The lowest BCUT2D eigenvalue weighted by Gasteiger charge is -2.26. The molecular formula is C25H29F3N4O5S. The Hall–Kier alpha value is -3.09. The number of halogens is 3. The molecule has 2 fully saturated rings. The van der Waals surface area contributed by atoms with Gasteiger partial charge < -0.3 is 15.4 Å². The van der Waals surface area contributed by atoms with Gasteiger partial charge in [0.25, 0.3) is 5.91 Å². The summed E-state index contributed by atoms with van der Waals surface area (Å²) < 4.78 is 66.9. The third-order valence-electron chi connectivity index (χ3n) is 7.08. The zero-order valence-corrected chi connectivity index (χ0v) is 21.4. The highest BCUT2D eigenvalue weighted by atomic mass is 32.2. The number of nitrogens with one attached hydrogen (secondary N) is 2. The zero-order valence-electron chi connectivity index (χ0n) is 20.6. The first-order valence-electron chi connectivity index (χ1n) is 12.7. The minimum absolute atomic E-state index is 0.129. The number of benzene rings is 1. The molecule has 1 saturated heterocycles. The number of anilines is 1. The smallest absolute Gasteiger partial charge is 0.422 e. The largest absolute Gasteiger partial charge is 0.484 e. The quantitative estimate of drug-likeness (QED) is 0.466. The highest BCUT2D eigenvalue weighted by molar-refractivity contribution is 7.92. The third kappa shape index (κ3) is 6.48. The number of fused-ring (bicyclic) bond motifs is 1. The molecule has 0 spiro atoms. The van der Waals surface area contributed by atoms with Crippen molar-refractivity contribution >= 4 is 27.5 Å². The second-order valence-electron chi connectivity index (χ2n) is 10.4. The SMILES string of the molecule is O=C1N[C@@H](CCc2cccc(OCC(F)(F)F)c2)Cc2nn(CCC3CC3)c(NC(=O)C3CS(=O)(=O)C3)c21. The summed E-state index contributed by atoms with van der Waals surface area (Å²) in [6.45, 7) is -0.824. The summed E-state index contributed by atoms with van der Waals surface area (Å²) in [5.74, 6) is -0.802. The van der Waals surface area contributed by atoms with Gasteiger partial charge in [0.05, 0.1) is 23.1 Å². The Balaban J connectivity index is 1.26. The molecule has 0 bridgehead atoms. The van der Waals surface area contributed by atoms with E-state index < -0.39 is 34.4 Å². The monoisotopic (exact) mass is 554 g/mol. The van der Waals surface area contributed by atoms with E-state index >= 15 is 0 Å². The second kappa shape index (κ2) is 10.2. The maximum Gasteiger partial charge on any atom is 0.422 e. The number of carbonyl (C=O) groups is 2. The van der Waals surface area contributed by atoms with E-state index in [4.69, 9.17) is 4.74 Å². The van der Waals surface area contributed by atoms with Crippen LogP contribution in [0.4, 0.5) is 19.0 Å². The van der Waals surface area contributed by atoms with Crippen molar-refractivity contribution in [3.8, 4) is 5.75 Å². The minimum atomic E-state index is -4.42. The average molecular weight is 555 g/mol. The molecule has 2 aromatic rings. The normalized spacial score (nSPS) is 20.8. The van der Waals surface area contributed by atoms with Crippen LogP contribution in [-0.2, 0) is 34.0 Å². The predicted molar refractivity (Wildman–Crippen MR) is 132 cm³/mol. The molecule has 0 unspecified atom stereocenters. The number of hydrogen-bond acceptors (Lipinski definition) is 6. The zero-order chi connectivity index (χ0) is 27.1. The first-order chi connectivity index (χ1) is 18.0. The predicted octanol–water partition coefficient (Wildman–Crippen LogP) is 2.89. The van der Waals surface area contributed by atoms with Gasteiger partial charge in [0.1, 0.15) is 17.1 Å². The van der Waals surface area contributed by atoms with Gasteiger partial charge >= 0.3 is 6.18 Å². The molecule has 1 atom stereocenters. The average Bonchev–Trinajstić information content (AvgIpc) is 3.59. The molecule has 2 amide bonds. The Morgan fingerprint density at radius 2 is 1.97 bits per heavy atom. The molecule has 3 heterocycles. The Morgan fingerprint density at radius 1 is 1.21 bits per heavy atom. The maximum atomic E-state index is 13.1. The molecule has 1 saturated carbocycles. The molecule has 2 aliphatic heterocycles. The van der Waals surface area contributed by atoms with E-state index in [0.29, 0.717) is 48.8 Å². The molecule has 206 valence electrons. The summed E-state index contributed by atoms with van der Waals surface area (Å²) in [5, 5.41) is 10.4. The Bertz CT molecular complexity index is 1320. The molecule has 13 heteroatoms. The molecule has 9 nitrogen and oxygen atoms in total. The van der Waals surface area contributed by atoms with Crippen LogP contribution in [-0.4, -0.2) is 60.3 Å². The van der Waals surface area contributed by atoms with Crippen molar-refractivity contribution in [1.29, 1.82) is 0 Å². The van der Waals surface area contributed by atoms with Gasteiger partial charge in [-0.2, -0.15) is 18.3 Å². The molecule has 5 rings (SSSR count). The van der Waals surface area contributed by atoms with Gasteiger partial charge in [-0.25, -0.2) is 13.1 Å². The van der Waals surface area contributed by atoms with Crippen LogP contribution in [0.2, 0.25) is 0 Å². The fourth-order valence-electron chi connectivity index (χ4n) is 4.84. The van der Waals surface area contributed by atoms with E-state index in [0.717, 1.165) is 24.8 Å². The number of amides is 2. The number of alkyl halides is 3. The van der Waals surface area contributed by atoms with Gasteiger partial charge in [0.2, 0.25) is 5.91 Å². The number of aryl methyl sites for hydroxylation is 2. The van der Waals surface area contributed by atoms with Crippen molar-refractivity contribution in [3.63, 3.8) is 0 Å². The van der Waals surface area contributed by atoms with Gasteiger partial charge in [-0.1, -0.05) is 25.0 Å². The molecule has 0 radical (unpaired) electrons. The van der Waals surface area contributed by atoms with E-state index in [2.05, 4.69) is 15.7 Å². The Kier molecular flexibility index (Phi) is 7.14. The fourth-order valence-corrected chi connectivity index (χ4v) is 6.27. The molecule has 1 aliphatic carbocycles. The van der Waals surface area contributed by atoms with Gasteiger partial charge in [-0.15, -0.1) is 0 Å². The lowest BCUT2D eigenvalue weighted by molar-refractivity contribution is -0.153. The lowest BCUT2D eigenvalue weighted by atomic mass is 9.96. The van der Waals surface area contributed by atoms with Crippen LogP contribution >= 0.6 is 0 Å². The molecule has 1 aromatic heterocycles. The topological polar surface area (TPSA) is 119 Å². The molecule has 3 aliphatic rings. The standard InChI is InChI=1S/C25H29F3N4O5S/c26-25(27,28)14-37-19-3-1-2-16(10-19)6-7-18-11-20-21(24(34)29-18)22(32(31-20)9-8-15-4-5-15)30-23(33)17-12-38(35,36)13-17/h1-3,10,15,17-18H,4-9,11-14H2,(H,29,34)(H,30,33)/t18-/m0/s1. The van der Waals surface area contributed by atoms with Crippen LogP contribution < -0.4 is 15.4 Å². The van der Waals surface area contributed by atoms with E-state index in [-0.39, 0.29) is 29.2 Å². The van der Waals surface area contributed by atoms with Crippen molar-refractivity contribution < 1.29 is 35.9 Å². The van der Waals surface area contributed by atoms with Crippen LogP contribution in [0, 0.1) is 11.8 Å². The van der Waals surface area contributed by atoms with Gasteiger partial charge in [0.15, 0.2) is 16.4 Å². The van der Waals surface area contributed by atoms with Crippen LogP contribution in [0.5, 0.6) is 5.75 Å². The molecular weight excluding hydrogens is 525 g/mol. The fraction of sp³-hybridized carbons (Fsp3) is 0.560. The summed E-state index contributed by atoms with van der Waals surface area (Å²) >= 11 is 0. The van der Waals surface area contributed by atoms with Gasteiger partial charge in [-0.3, -0.25) is 9.59 Å². The molecule has 1 aromatic carbocycles. The highest BCUT2D eigenvalue weighted by Gasteiger charge is 2.40. The highest BCUT2D eigenvalue weighted by Crippen LogP contribution is 2.34. The summed E-state index contributed by atoms with van der Waals surface area (Å²) in [4.78, 5) is 25.8. The maximum absolute atomic E-state index is 13.1. The number of hydrogen-bond donors (Lipinski definition) is 2. The summed E-state index contributed by atoms with van der Waals surface area (Å²) in [7, 11) is -3.18. The van der Waals surface area contributed by atoms with Crippen LogP contribution in [0.15, 0.2) is 24.3 Å². The van der Waals surface area contributed by atoms with E-state index in [9.17, 15) is 31.2 Å². The Labute approximate surface area is 218 Å². The van der Waals surface area contributed by atoms with Crippen molar-refractivity contribution in [1.82, 2.24) is 15.1 Å². The summed E-state index contributed by atoms with van der Waals surface area (Å²) in [5.41, 5.74) is 1.64. The minimum Gasteiger partial charge on any atom is -0.484 e.